The summed E-state index contributed by atoms with van der Waals surface area (Å²) < 4.78 is 10.4. The molecular weight excluding hydrogens is 328 g/mol. The Morgan fingerprint density at radius 3 is 2.72 bits per heavy atom. The van der Waals surface area contributed by atoms with Crippen molar-refractivity contribution in [2.75, 3.05) is 19.2 Å². The van der Waals surface area contributed by atoms with Crippen molar-refractivity contribution in [2.45, 2.75) is 56.3 Å². The normalized spacial score (nSPS) is 24.6. The third kappa shape index (κ3) is 4.36. The van der Waals surface area contributed by atoms with Gasteiger partial charge in [-0.1, -0.05) is 0 Å². The van der Waals surface area contributed by atoms with Crippen molar-refractivity contribution >= 4 is 17.5 Å². The van der Waals surface area contributed by atoms with Gasteiger partial charge in [0.15, 0.2) is 5.69 Å². The van der Waals surface area contributed by atoms with E-state index in [0.717, 1.165) is 25.7 Å². The number of carbonyl (C=O) groups is 2. The van der Waals surface area contributed by atoms with Gasteiger partial charge in [-0.3, -0.25) is 14.7 Å². The van der Waals surface area contributed by atoms with Crippen LogP contribution in [-0.4, -0.2) is 58.8 Å². The second-order valence-corrected chi connectivity index (χ2v) is 6.65. The van der Waals surface area contributed by atoms with Crippen molar-refractivity contribution in [2.24, 2.45) is 0 Å². The van der Waals surface area contributed by atoms with Crippen molar-refractivity contribution in [3.05, 3.63) is 11.9 Å². The maximum absolute atomic E-state index is 12.4. The summed E-state index contributed by atoms with van der Waals surface area (Å²) in [4.78, 5) is 24.4. The quantitative estimate of drug-likeness (QED) is 0.531. The molecule has 9 nitrogen and oxygen atoms in total. The summed E-state index contributed by atoms with van der Waals surface area (Å²) in [5.41, 5.74) is -0.902. The zero-order chi connectivity index (χ0) is 17.9. The average Bonchev–Trinajstić information content (AvgIpc) is 3.19. The molecule has 0 aliphatic heterocycles. The zero-order valence-electron chi connectivity index (χ0n) is 14.2. The number of nitrogens with zero attached hydrogens (tertiary/aromatic N) is 1. The Morgan fingerprint density at radius 2 is 2.08 bits per heavy atom. The maximum atomic E-state index is 12.4. The Hall–Kier alpha value is -1.97. The van der Waals surface area contributed by atoms with E-state index in [1.54, 1.807) is 7.11 Å². The Balaban J connectivity index is 1.51. The second-order valence-electron chi connectivity index (χ2n) is 6.65. The third-order valence-electron chi connectivity index (χ3n) is 4.68. The van der Waals surface area contributed by atoms with Crippen LogP contribution in [0.3, 0.4) is 0 Å². The van der Waals surface area contributed by atoms with Crippen LogP contribution in [-0.2, 0) is 14.3 Å². The Labute approximate surface area is 145 Å². The molecule has 0 saturated heterocycles. The Morgan fingerprint density at radius 1 is 1.36 bits per heavy atom. The topological polar surface area (TPSA) is 126 Å². The largest absolute Gasteiger partial charge is 0.380 e. The lowest BCUT2D eigenvalue weighted by Crippen LogP contribution is -2.39. The van der Waals surface area contributed by atoms with E-state index in [-0.39, 0.29) is 36.2 Å². The fourth-order valence-corrected chi connectivity index (χ4v) is 2.93. The average molecular weight is 352 g/mol. The predicted octanol–water partition coefficient (Wildman–Crippen LogP) is 0.535. The van der Waals surface area contributed by atoms with E-state index in [1.807, 2.05) is 0 Å². The molecule has 25 heavy (non-hydrogen) atoms. The third-order valence-corrected chi connectivity index (χ3v) is 4.68. The zero-order valence-corrected chi connectivity index (χ0v) is 14.2. The van der Waals surface area contributed by atoms with E-state index >= 15 is 0 Å². The number of aliphatic hydroxyl groups is 1. The van der Waals surface area contributed by atoms with Crippen LogP contribution in [0.4, 0.5) is 5.69 Å². The van der Waals surface area contributed by atoms with Crippen LogP contribution in [0.2, 0.25) is 0 Å². The van der Waals surface area contributed by atoms with Crippen LogP contribution in [0.5, 0.6) is 0 Å². The van der Waals surface area contributed by atoms with Gasteiger partial charge in [-0.05, 0) is 38.5 Å². The standard InChI is InChI=1S/C16H24N4O5/c1-24-9-25-11-4-2-10(3-5-11)18-14(21)13-12(8-17-20-13)19-15(22)16(23)6-7-16/h8,10-11,23H,2-7,9H2,1H3,(H,17,20)(H,18,21)(H,19,22)/t10-,11-. The minimum absolute atomic E-state index is 0.0442. The molecule has 2 amide bonds. The van der Waals surface area contributed by atoms with Gasteiger partial charge < -0.3 is 25.2 Å². The number of aromatic nitrogens is 2. The molecule has 0 radical (unpaired) electrons. The number of methoxy groups -OCH3 is 1. The lowest BCUT2D eigenvalue weighted by atomic mass is 9.93. The number of aromatic amines is 1. The number of H-pyrrole nitrogens is 1. The lowest BCUT2D eigenvalue weighted by molar-refractivity contribution is -0.125. The van der Waals surface area contributed by atoms with E-state index in [4.69, 9.17) is 9.47 Å². The summed E-state index contributed by atoms with van der Waals surface area (Å²) in [6.07, 6.45) is 5.80. The minimum atomic E-state index is -1.30. The highest BCUT2D eigenvalue weighted by molar-refractivity contribution is 6.05. The molecule has 0 atom stereocenters. The molecule has 138 valence electrons. The fraction of sp³-hybridized carbons (Fsp3) is 0.688. The molecular formula is C16H24N4O5. The minimum Gasteiger partial charge on any atom is -0.380 e. The number of hydrogen-bond donors (Lipinski definition) is 4. The molecule has 3 rings (SSSR count). The SMILES string of the molecule is COCO[C@H]1CC[C@H](NC(=O)c2n[nH]cc2NC(=O)C2(O)CC2)CC1. The van der Waals surface area contributed by atoms with Gasteiger partial charge in [0.05, 0.1) is 11.8 Å². The van der Waals surface area contributed by atoms with E-state index in [0.29, 0.717) is 12.8 Å². The van der Waals surface area contributed by atoms with Gasteiger partial charge in [0, 0.05) is 19.3 Å². The van der Waals surface area contributed by atoms with Gasteiger partial charge in [-0.25, -0.2) is 0 Å². The maximum Gasteiger partial charge on any atom is 0.274 e. The predicted molar refractivity (Wildman–Crippen MR) is 87.9 cm³/mol. The van der Waals surface area contributed by atoms with Crippen LogP contribution in [0.15, 0.2) is 6.20 Å². The molecule has 0 bridgehead atoms. The first-order chi connectivity index (χ1) is 12.0. The molecule has 1 aromatic rings. The first-order valence-electron chi connectivity index (χ1n) is 8.51. The summed E-state index contributed by atoms with van der Waals surface area (Å²) in [6.45, 7) is 0.282. The number of amides is 2. The lowest BCUT2D eigenvalue weighted by Gasteiger charge is -2.28. The summed E-state index contributed by atoms with van der Waals surface area (Å²) in [5.74, 6) is -0.848. The molecule has 9 heteroatoms. The molecule has 0 spiro atoms. The molecule has 1 heterocycles. The van der Waals surface area contributed by atoms with Gasteiger partial charge in [0.2, 0.25) is 0 Å². The van der Waals surface area contributed by atoms with Crippen LogP contribution in [0, 0.1) is 0 Å². The van der Waals surface area contributed by atoms with Crippen molar-refractivity contribution in [1.82, 2.24) is 15.5 Å². The van der Waals surface area contributed by atoms with Crippen LogP contribution in [0.1, 0.15) is 49.0 Å². The number of nitrogens with one attached hydrogen (secondary N) is 3. The summed E-state index contributed by atoms with van der Waals surface area (Å²) in [5, 5.41) is 21.8. The number of rotatable bonds is 7. The highest BCUT2D eigenvalue weighted by Gasteiger charge is 2.48. The van der Waals surface area contributed by atoms with Gasteiger partial charge in [-0.2, -0.15) is 5.10 Å². The summed E-state index contributed by atoms with van der Waals surface area (Å²) in [6, 6.07) is 0.0442. The van der Waals surface area contributed by atoms with Crippen molar-refractivity contribution in [1.29, 1.82) is 0 Å². The molecule has 2 fully saturated rings. The Kier molecular flexibility index (Phi) is 5.36. The highest BCUT2D eigenvalue weighted by atomic mass is 16.7. The monoisotopic (exact) mass is 352 g/mol. The summed E-state index contributed by atoms with van der Waals surface area (Å²) in [7, 11) is 1.59. The molecule has 2 aliphatic carbocycles. The number of carbonyl (C=O) groups excluding carboxylic acids is 2. The first-order valence-corrected chi connectivity index (χ1v) is 8.51. The van der Waals surface area contributed by atoms with Gasteiger partial charge in [0.1, 0.15) is 12.4 Å². The fourth-order valence-electron chi connectivity index (χ4n) is 2.93. The number of anilines is 1. The van der Waals surface area contributed by atoms with Gasteiger partial charge in [-0.15, -0.1) is 0 Å². The van der Waals surface area contributed by atoms with E-state index in [9.17, 15) is 14.7 Å². The smallest absolute Gasteiger partial charge is 0.274 e. The van der Waals surface area contributed by atoms with Crippen LogP contribution < -0.4 is 10.6 Å². The number of ether oxygens (including phenoxy) is 2. The molecule has 4 N–H and O–H groups in total. The van der Waals surface area contributed by atoms with Crippen molar-refractivity contribution in [3.8, 4) is 0 Å². The number of hydrogen-bond acceptors (Lipinski definition) is 6. The molecule has 2 aliphatic rings. The van der Waals surface area contributed by atoms with Crippen LogP contribution in [0.25, 0.3) is 0 Å². The molecule has 0 unspecified atom stereocenters. The molecule has 2 saturated carbocycles. The van der Waals surface area contributed by atoms with Crippen molar-refractivity contribution < 1.29 is 24.2 Å². The van der Waals surface area contributed by atoms with Crippen LogP contribution >= 0.6 is 0 Å². The summed E-state index contributed by atoms with van der Waals surface area (Å²) >= 11 is 0. The van der Waals surface area contributed by atoms with Crippen molar-refractivity contribution in [3.63, 3.8) is 0 Å². The van der Waals surface area contributed by atoms with E-state index in [1.165, 1.54) is 6.20 Å². The van der Waals surface area contributed by atoms with Gasteiger partial charge in [0.25, 0.3) is 11.8 Å². The van der Waals surface area contributed by atoms with E-state index in [2.05, 4.69) is 20.8 Å². The van der Waals surface area contributed by atoms with E-state index < -0.39 is 11.5 Å². The first kappa shape index (κ1) is 17.8. The molecule has 1 aromatic heterocycles. The highest BCUT2D eigenvalue weighted by Crippen LogP contribution is 2.36. The second kappa shape index (κ2) is 7.51. The molecule has 0 aromatic carbocycles. The van der Waals surface area contributed by atoms with Gasteiger partial charge >= 0.3 is 0 Å². The Bertz CT molecular complexity index is 620.